The fourth-order valence-corrected chi connectivity index (χ4v) is 7.55. The van der Waals surface area contributed by atoms with Gasteiger partial charge >= 0.3 is 33.0 Å². The van der Waals surface area contributed by atoms with Crippen LogP contribution >= 0.6 is 28.3 Å². The average Bonchev–Trinajstić information content (AvgIpc) is 2.57. The Bertz CT molecular complexity index is 285. The number of likely N-dealkylation sites (N-methyl/N-ethyl adjacent to an activating group) is 1. The maximum absolute atomic E-state index is 4.70. The van der Waals surface area contributed by atoms with Crippen LogP contribution in [-0.4, -0.2) is 43.0 Å². The van der Waals surface area contributed by atoms with Gasteiger partial charge in [-0.1, -0.05) is 58.6 Å². The van der Waals surface area contributed by atoms with Crippen LogP contribution in [0.25, 0.3) is 0 Å². The summed E-state index contributed by atoms with van der Waals surface area (Å²) in [5.74, 6) is 0. The molecule has 5 heteroatoms. The van der Waals surface area contributed by atoms with E-state index in [0.29, 0.717) is 12.7 Å². The van der Waals surface area contributed by atoms with Crippen molar-refractivity contribution in [1.82, 2.24) is 4.90 Å². The second-order valence-electron chi connectivity index (χ2n) is 7.06. The van der Waals surface area contributed by atoms with E-state index in [-0.39, 0.29) is 7.92 Å². The summed E-state index contributed by atoms with van der Waals surface area (Å²) < 4.78 is 0. The summed E-state index contributed by atoms with van der Waals surface area (Å²) in [5, 5.41) is 0. The fourth-order valence-electron chi connectivity index (χ4n) is 3.90. The Balaban J connectivity index is 0.000000816. The van der Waals surface area contributed by atoms with Gasteiger partial charge in [0.1, 0.15) is 0 Å². The van der Waals surface area contributed by atoms with E-state index in [4.69, 9.17) is 20.4 Å². The fraction of sp³-hybridized carbons (Fsp3) is 0.889. The van der Waals surface area contributed by atoms with Crippen molar-refractivity contribution in [3.63, 3.8) is 0 Å². The third-order valence-electron chi connectivity index (χ3n) is 5.04. The number of halogens is 2. The molecule has 0 radical (unpaired) electrons. The molecule has 0 aromatic carbocycles. The molecule has 23 heavy (non-hydrogen) atoms. The molecule has 0 spiro atoms. The van der Waals surface area contributed by atoms with Crippen LogP contribution in [0.1, 0.15) is 64.2 Å². The first-order valence-corrected chi connectivity index (χ1v) is 13.4. The molecule has 2 aliphatic rings. The molecule has 0 aliphatic heterocycles. The molecule has 2 aliphatic carbocycles. The summed E-state index contributed by atoms with van der Waals surface area (Å²) >= 11 is 0.569. The molecule has 0 amide bonds. The van der Waals surface area contributed by atoms with Gasteiger partial charge in [-0.05, 0) is 57.3 Å². The molecule has 0 N–H and O–H groups in total. The van der Waals surface area contributed by atoms with Crippen LogP contribution in [-0.2, 0) is 12.7 Å². The SMILES string of the molecule is CN(C)CC=CCP(C1CCCCC1)C1CCCCC1.[Cl][Ni][Cl]. The van der Waals surface area contributed by atoms with E-state index in [2.05, 4.69) is 31.1 Å². The van der Waals surface area contributed by atoms with Crippen LogP contribution in [0.2, 0.25) is 0 Å². The molecule has 2 saturated carbocycles. The zero-order chi connectivity index (χ0) is 16.9. The molecule has 0 bridgehead atoms. The zero-order valence-corrected chi connectivity index (χ0v) is 18.2. The third kappa shape index (κ3) is 10.1. The normalized spacial score (nSPS) is 21.1. The Kier molecular flexibility index (Phi) is 13.9. The summed E-state index contributed by atoms with van der Waals surface area (Å²) in [6.45, 7) is 1.11. The van der Waals surface area contributed by atoms with E-state index in [9.17, 15) is 0 Å². The van der Waals surface area contributed by atoms with Gasteiger partial charge < -0.3 is 4.90 Å². The van der Waals surface area contributed by atoms with Crippen molar-refractivity contribution >= 4 is 28.3 Å². The topological polar surface area (TPSA) is 3.24 Å². The molecular weight excluding hydrogens is 391 g/mol. The first-order chi connectivity index (χ1) is 11.2. The second-order valence-corrected chi connectivity index (χ2v) is 11.5. The van der Waals surface area contributed by atoms with Gasteiger partial charge in [-0.25, -0.2) is 0 Å². The average molecular weight is 425 g/mol. The van der Waals surface area contributed by atoms with Crippen molar-refractivity contribution in [2.45, 2.75) is 75.5 Å². The molecule has 140 valence electrons. The Morgan fingerprint density at radius 3 is 1.70 bits per heavy atom. The molecule has 2 rings (SSSR count). The Morgan fingerprint density at radius 1 is 0.870 bits per heavy atom. The van der Waals surface area contributed by atoms with Gasteiger partial charge in [0, 0.05) is 6.54 Å². The van der Waals surface area contributed by atoms with Crippen LogP contribution in [0.3, 0.4) is 0 Å². The molecule has 0 aromatic heterocycles. The number of hydrogen-bond donors (Lipinski definition) is 0. The standard InChI is InChI=1S/C18H34NP.2ClH.Ni/c1-19(2)15-9-10-16-20(17-11-5-3-6-12-17)18-13-7-4-8-14-18;;;/h9-10,17-18H,3-8,11-16H2,1-2H3;2*1H;/q;;;+2/p-2. The van der Waals surface area contributed by atoms with E-state index >= 15 is 0 Å². The zero-order valence-electron chi connectivity index (χ0n) is 14.8. The van der Waals surface area contributed by atoms with Crippen LogP contribution in [0.5, 0.6) is 0 Å². The summed E-state index contributed by atoms with van der Waals surface area (Å²) in [6, 6.07) is 0. The summed E-state index contributed by atoms with van der Waals surface area (Å²) in [4.78, 5) is 2.26. The van der Waals surface area contributed by atoms with Gasteiger partial charge in [-0.2, -0.15) is 0 Å². The Labute approximate surface area is 160 Å². The van der Waals surface area contributed by atoms with Gasteiger partial charge in [0.05, 0.1) is 0 Å². The number of nitrogens with zero attached hydrogens (tertiary/aromatic N) is 1. The second kappa shape index (κ2) is 14.4. The van der Waals surface area contributed by atoms with Gasteiger partial charge in [0.15, 0.2) is 0 Å². The van der Waals surface area contributed by atoms with Crippen LogP contribution in [0.4, 0.5) is 0 Å². The van der Waals surface area contributed by atoms with Gasteiger partial charge in [0.2, 0.25) is 0 Å². The minimum atomic E-state index is 0.267. The molecule has 0 saturated heterocycles. The van der Waals surface area contributed by atoms with Crippen LogP contribution < -0.4 is 0 Å². The molecule has 0 atom stereocenters. The molecule has 0 unspecified atom stereocenters. The third-order valence-corrected chi connectivity index (χ3v) is 8.58. The van der Waals surface area contributed by atoms with Crippen molar-refractivity contribution in [3.05, 3.63) is 12.2 Å². The van der Waals surface area contributed by atoms with Crippen molar-refractivity contribution in [3.8, 4) is 0 Å². The summed E-state index contributed by atoms with van der Waals surface area (Å²) in [7, 11) is 14.0. The minimum absolute atomic E-state index is 0.267. The van der Waals surface area contributed by atoms with E-state index < -0.39 is 0 Å². The van der Waals surface area contributed by atoms with Gasteiger partial charge in [-0.3, -0.25) is 0 Å². The Hall–Kier alpha value is 1.20. The monoisotopic (exact) mass is 423 g/mol. The summed E-state index contributed by atoms with van der Waals surface area (Å²) in [6.07, 6.45) is 21.6. The molecule has 0 heterocycles. The quantitative estimate of drug-likeness (QED) is 0.263. The van der Waals surface area contributed by atoms with E-state index in [1.807, 2.05) is 0 Å². The van der Waals surface area contributed by atoms with Crippen molar-refractivity contribution < 1.29 is 12.7 Å². The Morgan fingerprint density at radius 2 is 1.30 bits per heavy atom. The predicted octanol–water partition coefficient (Wildman–Crippen LogP) is 6.63. The number of allylic oxidation sites excluding steroid dienone is 1. The predicted molar refractivity (Wildman–Crippen MR) is 105 cm³/mol. The molecular formula is C18H34Cl2NNiP. The van der Waals surface area contributed by atoms with Crippen molar-refractivity contribution in [1.29, 1.82) is 0 Å². The van der Waals surface area contributed by atoms with Crippen LogP contribution in [0, 0.1) is 0 Å². The van der Waals surface area contributed by atoms with Crippen molar-refractivity contribution in [2.75, 3.05) is 26.8 Å². The van der Waals surface area contributed by atoms with E-state index in [1.54, 1.807) is 25.7 Å². The van der Waals surface area contributed by atoms with E-state index in [0.717, 1.165) is 17.9 Å². The van der Waals surface area contributed by atoms with Crippen molar-refractivity contribution in [2.24, 2.45) is 0 Å². The number of hydrogen-bond acceptors (Lipinski definition) is 1. The summed E-state index contributed by atoms with van der Waals surface area (Å²) in [5.41, 5.74) is 2.21. The van der Waals surface area contributed by atoms with Gasteiger partial charge in [0.25, 0.3) is 0 Å². The maximum atomic E-state index is 4.70. The number of rotatable bonds is 6. The molecule has 2 fully saturated rings. The first kappa shape index (κ1) is 22.2. The molecule has 0 aromatic rings. The van der Waals surface area contributed by atoms with E-state index in [1.165, 1.54) is 44.7 Å². The first-order valence-electron chi connectivity index (χ1n) is 9.07. The molecule has 1 nitrogen and oxygen atoms in total. The van der Waals surface area contributed by atoms with Gasteiger partial charge in [-0.15, -0.1) is 0 Å². The van der Waals surface area contributed by atoms with Crippen LogP contribution in [0.15, 0.2) is 12.2 Å².